The van der Waals surface area contributed by atoms with Gasteiger partial charge in [-0.15, -0.1) is 11.3 Å². The normalized spacial score (nSPS) is 14.9. The summed E-state index contributed by atoms with van der Waals surface area (Å²) in [7, 11) is 0. The average Bonchev–Trinajstić information content (AvgIpc) is 3.40. The standard InChI is InChI=1S/C18H21N5O2S2/c1-2-22-17(25)16-13(8-10-26-16)20-18(22)27-11-15(24)21-14-7-9-19-23(14)12-5-3-4-6-12/h7-10,12H,2-6,11H2,1H3,(H,21,24). The molecule has 1 saturated carbocycles. The van der Waals surface area contributed by atoms with Crippen LogP contribution in [0.15, 0.2) is 33.7 Å². The molecule has 3 aromatic heterocycles. The van der Waals surface area contributed by atoms with Crippen molar-refractivity contribution in [2.45, 2.75) is 50.4 Å². The lowest BCUT2D eigenvalue weighted by atomic mass is 10.2. The number of hydrogen-bond donors (Lipinski definition) is 1. The summed E-state index contributed by atoms with van der Waals surface area (Å²) in [5.74, 6) is 0.807. The molecule has 0 aromatic carbocycles. The van der Waals surface area contributed by atoms with E-state index in [-0.39, 0.29) is 17.2 Å². The van der Waals surface area contributed by atoms with Gasteiger partial charge in [-0.1, -0.05) is 24.6 Å². The predicted molar refractivity (Wildman–Crippen MR) is 109 cm³/mol. The Balaban J connectivity index is 1.46. The van der Waals surface area contributed by atoms with Gasteiger partial charge in [0.15, 0.2) is 5.16 Å². The molecule has 4 rings (SSSR count). The lowest BCUT2D eigenvalue weighted by Gasteiger charge is -2.15. The summed E-state index contributed by atoms with van der Waals surface area (Å²) < 4.78 is 4.21. The van der Waals surface area contributed by atoms with Crippen LogP contribution >= 0.6 is 23.1 Å². The van der Waals surface area contributed by atoms with Crippen LogP contribution in [0.5, 0.6) is 0 Å². The third-order valence-electron chi connectivity index (χ3n) is 4.79. The van der Waals surface area contributed by atoms with Gasteiger partial charge in [-0.05, 0) is 31.2 Å². The number of amides is 1. The first-order valence-corrected chi connectivity index (χ1v) is 11.0. The van der Waals surface area contributed by atoms with Gasteiger partial charge in [0.2, 0.25) is 5.91 Å². The maximum atomic E-state index is 12.5. The molecule has 1 amide bonds. The van der Waals surface area contributed by atoms with Crippen molar-refractivity contribution < 1.29 is 4.79 Å². The third-order valence-corrected chi connectivity index (χ3v) is 6.66. The van der Waals surface area contributed by atoms with E-state index in [1.54, 1.807) is 10.8 Å². The fourth-order valence-corrected chi connectivity index (χ4v) is 5.12. The molecule has 3 aromatic rings. The highest BCUT2D eigenvalue weighted by molar-refractivity contribution is 7.99. The molecular formula is C18H21N5O2S2. The Kier molecular flexibility index (Phi) is 5.31. The molecule has 3 heterocycles. The fraction of sp³-hybridized carbons (Fsp3) is 0.444. The first-order valence-electron chi connectivity index (χ1n) is 9.11. The molecule has 0 bridgehead atoms. The summed E-state index contributed by atoms with van der Waals surface area (Å²) in [6, 6.07) is 4.04. The van der Waals surface area contributed by atoms with E-state index in [1.165, 1.54) is 35.9 Å². The number of nitrogens with zero attached hydrogens (tertiary/aromatic N) is 4. The van der Waals surface area contributed by atoms with Crippen LogP contribution < -0.4 is 10.9 Å². The minimum atomic E-state index is -0.123. The number of anilines is 1. The van der Waals surface area contributed by atoms with Gasteiger partial charge in [0, 0.05) is 12.6 Å². The molecule has 0 spiro atoms. The first-order chi connectivity index (χ1) is 13.2. The van der Waals surface area contributed by atoms with E-state index in [0.717, 1.165) is 18.7 Å². The number of nitrogens with one attached hydrogen (secondary N) is 1. The molecule has 0 aliphatic heterocycles. The number of thioether (sulfide) groups is 1. The number of aromatic nitrogens is 4. The summed E-state index contributed by atoms with van der Waals surface area (Å²) in [4.78, 5) is 29.6. The van der Waals surface area contributed by atoms with Gasteiger partial charge in [-0.3, -0.25) is 14.2 Å². The Morgan fingerprint density at radius 1 is 1.37 bits per heavy atom. The van der Waals surface area contributed by atoms with Crippen molar-refractivity contribution in [2.24, 2.45) is 0 Å². The molecule has 1 aliphatic rings. The minimum absolute atomic E-state index is 0.0419. The van der Waals surface area contributed by atoms with Crippen LogP contribution in [0.2, 0.25) is 0 Å². The summed E-state index contributed by atoms with van der Waals surface area (Å²) in [5, 5.41) is 9.77. The Bertz CT molecular complexity index is 1020. The number of fused-ring (bicyclic) bond motifs is 1. The molecule has 1 N–H and O–H groups in total. The van der Waals surface area contributed by atoms with E-state index in [4.69, 9.17) is 0 Å². The highest BCUT2D eigenvalue weighted by Gasteiger charge is 2.21. The molecular weight excluding hydrogens is 382 g/mol. The molecule has 7 nitrogen and oxygen atoms in total. The molecule has 0 saturated heterocycles. The Hall–Kier alpha value is -2.13. The number of thiophene rings is 1. The van der Waals surface area contributed by atoms with Crippen molar-refractivity contribution in [1.29, 1.82) is 0 Å². The zero-order valence-corrected chi connectivity index (χ0v) is 16.7. The largest absolute Gasteiger partial charge is 0.310 e. The monoisotopic (exact) mass is 403 g/mol. The molecule has 0 radical (unpaired) electrons. The predicted octanol–water partition coefficient (Wildman–Crippen LogP) is 3.52. The van der Waals surface area contributed by atoms with Crippen LogP contribution in [0.4, 0.5) is 5.82 Å². The topological polar surface area (TPSA) is 81.8 Å². The molecule has 27 heavy (non-hydrogen) atoms. The third kappa shape index (κ3) is 3.66. The maximum Gasteiger partial charge on any atom is 0.272 e. The Morgan fingerprint density at radius 2 is 2.19 bits per heavy atom. The van der Waals surface area contributed by atoms with Crippen molar-refractivity contribution in [3.05, 3.63) is 34.1 Å². The van der Waals surface area contributed by atoms with E-state index < -0.39 is 0 Å². The fourth-order valence-electron chi connectivity index (χ4n) is 3.47. The van der Waals surface area contributed by atoms with Gasteiger partial charge in [0.25, 0.3) is 5.56 Å². The van der Waals surface area contributed by atoms with Crippen molar-refractivity contribution in [3.8, 4) is 0 Å². The SMILES string of the molecule is CCn1c(SCC(=O)Nc2ccnn2C2CCCC2)nc2ccsc2c1=O. The van der Waals surface area contributed by atoms with E-state index in [2.05, 4.69) is 15.4 Å². The average molecular weight is 404 g/mol. The highest BCUT2D eigenvalue weighted by Crippen LogP contribution is 2.31. The molecule has 0 unspecified atom stereocenters. The number of rotatable bonds is 6. The zero-order valence-electron chi connectivity index (χ0n) is 15.1. The number of carbonyl (C=O) groups is 1. The van der Waals surface area contributed by atoms with Gasteiger partial charge in [0.1, 0.15) is 10.5 Å². The quantitative estimate of drug-likeness (QED) is 0.503. The van der Waals surface area contributed by atoms with Gasteiger partial charge in [-0.25, -0.2) is 9.67 Å². The van der Waals surface area contributed by atoms with Gasteiger partial charge < -0.3 is 5.32 Å². The zero-order chi connectivity index (χ0) is 18.8. The Labute approximate surface area is 164 Å². The second kappa shape index (κ2) is 7.85. The summed E-state index contributed by atoms with van der Waals surface area (Å²) >= 11 is 2.69. The molecule has 1 fully saturated rings. The highest BCUT2D eigenvalue weighted by atomic mass is 32.2. The molecule has 0 atom stereocenters. The molecule has 9 heteroatoms. The number of hydrogen-bond acceptors (Lipinski definition) is 6. The lowest BCUT2D eigenvalue weighted by Crippen LogP contribution is -2.23. The lowest BCUT2D eigenvalue weighted by molar-refractivity contribution is -0.113. The van der Waals surface area contributed by atoms with Gasteiger partial charge in [-0.2, -0.15) is 5.10 Å². The van der Waals surface area contributed by atoms with Crippen LogP contribution in [-0.2, 0) is 11.3 Å². The van der Waals surface area contributed by atoms with E-state index >= 15 is 0 Å². The van der Waals surface area contributed by atoms with Crippen LogP contribution in [-0.4, -0.2) is 31.0 Å². The van der Waals surface area contributed by atoms with Gasteiger partial charge in [0.05, 0.1) is 23.5 Å². The van der Waals surface area contributed by atoms with Crippen LogP contribution in [0.3, 0.4) is 0 Å². The second-order valence-corrected chi connectivity index (χ2v) is 8.37. The van der Waals surface area contributed by atoms with E-state index in [9.17, 15) is 9.59 Å². The van der Waals surface area contributed by atoms with Crippen molar-refractivity contribution in [1.82, 2.24) is 19.3 Å². The summed E-state index contributed by atoms with van der Waals surface area (Å²) in [6.07, 6.45) is 6.35. The minimum Gasteiger partial charge on any atom is -0.310 e. The van der Waals surface area contributed by atoms with Crippen molar-refractivity contribution >= 4 is 45.0 Å². The van der Waals surface area contributed by atoms with Gasteiger partial charge >= 0.3 is 0 Å². The smallest absolute Gasteiger partial charge is 0.272 e. The van der Waals surface area contributed by atoms with Crippen LogP contribution in [0.1, 0.15) is 38.6 Å². The maximum absolute atomic E-state index is 12.5. The summed E-state index contributed by atoms with van der Waals surface area (Å²) in [5.41, 5.74) is 0.650. The first kappa shape index (κ1) is 18.2. The molecule has 1 aliphatic carbocycles. The summed E-state index contributed by atoms with van der Waals surface area (Å²) in [6.45, 7) is 2.44. The van der Waals surface area contributed by atoms with E-state index in [0.29, 0.717) is 28.0 Å². The van der Waals surface area contributed by atoms with Crippen molar-refractivity contribution in [2.75, 3.05) is 11.1 Å². The Morgan fingerprint density at radius 3 is 2.96 bits per heavy atom. The van der Waals surface area contributed by atoms with Crippen LogP contribution in [0, 0.1) is 0 Å². The molecule has 142 valence electrons. The van der Waals surface area contributed by atoms with E-state index in [1.807, 2.05) is 29.1 Å². The number of carbonyl (C=O) groups excluding carboxylic acids is 1. The van der Waals surface area contributed by atoms with Crippen molar-refractivity contribution in [3.63, 3.8) is 0 Å². The second-order valence-electron chi connectivity index (χ2n) is 6.51. The van der Waals surface area contributed by atoms with Crippen LogP contribution in [0.25, 0.3) is 10.2 Å².